The Morgan fingerprint density at radius 2 is 1.66 bits per heavy atom. The van der Waals surface area contributed by atoms with Crippen LogP contribution in [0.15, 0.2) is 48.5 Å². The highest BCUT2D eigenvalue weighted by molar-refractivity contribution is 8.00. The maximum absolute atomic E-state index is 13.1. The molecule has 0 radical (unpaired) electrons. The minimum atomic E-state index is -0.193. The largest absolute Gasteiger partial charge is 0.324 e. The van der Waals surface area contributed by atoms with E-state index < -0.39 is 0 Å². The van der Waals surface area contributed by atoms with Crippen LogP contribution >= 0.6 is 11.8 Å². The summed E-state index contributed by atoms with van der Waals surface area (Å²) in [5.41, 5.74) is 3.80. The van der Waals surface area contributed by atoms with Gasteiger partial charge in [0.2, 0.25) is 0 Å². The predicted octanol–water partition coefficient (Wildman–Crippen LogP) is 4.52. The SMILES string of the molecule is Cc1ccc(C(=O)N2CCSC23CCN(C(=O)Nc2ccccc2C)CC3)cc1. The zero-order chi connectivity index (χ0) is 20.4. The number of piperidine rings is 1. The van der Waals surface area contributed by atoms with E-state index in [1.165, 1.54) is 0 Å². The molecule has 1 N–H and O–H groups in total. The summed E-state index contributed by atoms with van der Waals surface area (Å²) in [6.45, 7) is 6.10. The van der Waals surface area contributed by atoms with Crippen molar-refractivity contribution in [2.75, 3.05) is 30.7 Å². The standard InChI is InChI=1S/C23H27N3O2S/c1-17-7-9-19(10-8-17)21(27)26-15-16-29-23(26)11-13-25(14-12-23)22(28)24-20-6-4-3-5-18(20)2/h3-10H,11-16H2,1-2H3,(H,24,28). The lowest BCUT2D eigenvalue weighted by Gasteiger charge is -2.44. The Bertz CT molecular complexity index is 905. The lowest BCUT2D eigenvalue weighted by atomic mass is 10.0. The smallest absolute Gasteiger partial charge is 0.321 e. The summed E-state index contributed by atoms with van der Waals surface area (Å²) >= 11 is 1.87. The number of para-hydroxylation sites is 1. The van der Waals surface area contributed by atoms with Crippen LogP contribution in [0.25, 0.3) is 0 Å². The monoisotopic (exact) mass is 409 g/mol. The molecule has 2 heterocycles. The zero-order valence-corrected chi connectivity index (χ0v) is 17.8. The van der Waals surface area contributed by atoms with Crippen LogP contribution < -0.4 is 5.32 Å². The molecule has 152 valence electrons. The van der Waals surface area contributed by atoms with Crippen LogP contribution in [0.4, 0.5) is 10.5 Å². The summed E-state index contributed by atoms with van der Waals surface area (Å²) in [6, 6.07) is 15.6. The summed E-state index contributed by atoms with van der Waals surface area (Å²) < 4.78 is 0. The number of rotatable bonds is 2. The topological polar surface area (TPSA) is 52.7 Å². The van der Waals surface area contributed by atoms with Gasteiger partial charge in [-0.2, -0.15) is 0 Å². The van der Waals surface area contributed by atoms with Gasteiger partial charge in [-0.15, -0.1) is 11.8 Å². The molecule has 1 spiro atoms. The Kier molecular flexibility index (Phi) is 5.54. The molecule has 5 nitrogen and oxygen atoms in total. The highest BCUT2D eigenvalue weighted by atomic mass is 32.2. The van der Waals surface area contributed by atoms with Gasteiger partial charge in [0.1, 0.15) is 0 Å². The second-order valence-corrected chi connectivity index (χ2v) is 9.31. The lowest BCUT2D eigenvalue weighted by molar-refractivity contribution is 0.0585. The van der Waals surface area contributed by atoms with Gasteiger partial charge in [-0.3, -0.25) is 4.79 Å². The van der Waals surface area contributed by atoms with Gasteiger partial charge >= 0.3 is 6.03 Å². The second kappa shape index (κ2) is 8.11. The fourth-order valence-corrected chi connectivity index (χ4v) is 5.58. The van der Waals surface area contributed by atoms with Gasteiger partial charge in [0.05, 0.1) is 4.87 Å². The maximum Gasteiger partial charge on any atom is 0.321 e. The summed E-state index contributed by atoms with van der Waals surface area (Å²) in [6.07, 6.45) is 1.60. The number of aryl methyl sites for hydroxylation is 2. The molecule has 2 fully saturated rings. The van der Waals surface area contributed by atoms with Crippen LogP contribution in [-0.4, -0.2) is 52.0 Å². The molecule has 2 aliphatic rings. The number of anilines is 1. The number of hydrogen-bond acceptors (Lipinski definition) is 3. The van der Waals surface area contributed by atoms with Crippen molar-refractivity contribution in [3.8, 4) is 0 Å². The molecular formula is C23H27N3O2S. The molecule has 2 saturated heterocycles. The van der Waals surface area contributed by atoms with Crippen molar-refractivity contribution in [1.82, 2.24) is 9.80 Å². The first-order chi connectivity index (χ1) is 14.0. The second-order valence-electron chi connectivity index (χ2n) is 7.85. The molecule has 6 heteroatoms. The number of urea groups is 1. The number of thioether (sulfide) groups is 1. The Morgan fingerprint density at radius 3 is 2.34 bits per heavy atom. The molecule has 4 rings (SSSR count). The predicted molar refractivity (Wildman–Crippen MR) is 118 cm³/mol. The fourth-order valence-electron chi connectivity index (χ4n) is 4.13. The van der Waals surface area contributed by atoms with Crippen molar-refractivity contribution >= 4 is 29.4 Å². The average Bonchev–Trinajstić information content (AvgIpc) is 3.13. The molecule has 0 aromatic heterocycles. The van der Waals surface area contributed by atoms with E-state index in [0.717, 1.165) is 47.5 Å². The van der Waals surface area contributed by atoms with E-state index in [2.05, 4.69) is 5.32 Å². The first-order valence-electron chi connectivity index (χ1n) is 10.1. The van der Waals surface area contributed by atoms with Crippen LogP contribution in [0.2, 0.25) is 0 Å². The van der Waals surface area contributed by atoms with Crippen LogP contribution in [0.3, 0.4) is 0 Å². The molecule has 0 atom stereocenters. The van der Waals surface area contributed by atoms with Crippen molar-refractivity contribution in [1.29, 1.82) is 0 Å². The van der Waals surface area contributed by atoms with Crippen molar-refractivity contribution < 1.29 is 9.59 Å². The fraction of sp³-hybridized carbons (Fsp3) is 0.391. The highest BCUT2D eigenvalue weighted by Crippen LogP contribution is 2.44. The van der Waals surface area contributed by atoms with E-state index in [9.17, 15) is 9.59 Å². The third kappa shape index (κ3) is 3.99. The van der Waals surface area contributed by atoms with Crippen LogP contribution in [0.5, 0.6) is 0 Å². The number of benzene rings is 2. The average molecular weight is 410 g/mol. The van der Waals surface area contributed by atoms with Crippen LogP contribution in [0, 0.1) is 13.8 Å². The molecule has 29 heavy (non-hydrogen) atoms. The van der Waals surface area contributed by atoms with E-state index in [1.54, 1.807) is 0 Å². The summed E-state index contributed by atoms with van der Waals surface area (Å²) in [5.74, 6) is 1.06. The Hall–Kier alpha value is -2.47. The van der Waals surface area contributed by atoms with Crippen LogP contribution in [0.1, 0.15) is 34.3 Å². The minimum absolute atomic E-state index is 0.0615. The molecule has 0 aliphatic carbocycles. The van der Waals surface area contributed by atoms with E-state index in [1.807, 2.05) is 83.9 Å². The van der Waals surface area contributed by atoms with Gasteiger partial charge in [0, 0.05) is 36.6 Å². The van der Waals surface area contributed by atoms with E-state index in [4.69, 9.17) is 0 Å². The number of carbonyl (C=O) groups is 2. The first kappa shape index (κ1) is 19.8. The molecule has 2 aliphatic heterocycles. The number of likely N-dealkylation sites (tertiary alicyclic amines) is 1. The quantitative estimate of drug-likeness (QED) is 0.794. The van der Waals surface area contributed by atoms with Crippen molar-refractivity contribution in [3.63, 3.8) is 0 Å². The van der Waals surface area contributed by atoms with E-state index in [-0.39, 0.29) is 16.8 Å². The zero-order valence-electron chi connectivity index (χ0n) is 17.0. The van der Waals surface area contributed by atoms with Crippen molar-refractivity contribution in [2.24, 2.45) is 0 Å². The normalized spacial score (nSPS) is 18.1. The van der Waals surface area contributed by atoms with E-state index in [0.29, 0.717) is 13.1 Å². The number of nitrogens with one attached hydrogen (secondary N) is 1. The number of nitrogens with zero attached hydrogens (tertiary/aromatic N) is 2. The highest BCUT2D eigenvalue weighted by Gasteiger charge is 2.47. The number of hydrogen-bond donors (Lipinski definition) is 1. The van der Waals surface area contributed by atoms with Gasteiger partial charge in [-0.1, -0.05) is 35.9 Å². The third-order valence-corrected chi connectivity index (χ3v) is 7.49. The van der Waals surface area contributed by atoms with Gasteiger partial charge in [-0.05, 0) is 50.5 Å². The van der Waals surface area contributed by atoms with Crippen molar-refractivity contribution in [3.05, 3.63) is 65.2 Å². The molecular weight excluding hydrogens is 382 g/mol. The molecule has 2 aromatic carbocycles. The maximum atomic E-state index is 13.1. The molecule has 0 saturated carbocycles. The Morgan fingerprint density at radius 1 is 0.966 bits per heavy atom. The van der Waals surface area contributed by atoms with Gasteiger partial charge in [-0.25, -0.2) is 4.79 Å². The first-order valence-corrected chi connectivity index (χ1v) is 11.1. The number of amides is 3. The molecule has 3 amide bonds. The minimum Gasteiger partial charge on any atom is -0.324 e. The Balaban J connectivity index is 1.42. The Labute approximate surface area is 176 Å². The van der Waals surface area contributed by atoms with E-state index >= 15 is 0 Å². The van der Waals surface area contributed by atoms with Crippen LogP contribution in [-0.2, 0) is 0 Å². The summed E-state index contributed by atoms with van der Waals surface area (Å²) in [7, 11) is 0. The summed E-state index contributed by atoms with van der Waals surface area (Å²) in [5, 5.41) is 3.02. The van der Waals surface area contributed by atoms with Gasteiger partial charge in [0.15, 0.2) is 0 Å². The third-order valence-electron chi connectivity index (χ3n) is 5.94. The molecule has 0 unspecified atom stereocenters. The summed E-state index contributed by atoms with van der Waals surface area (Å²) in [4.78, 5) is 29.6. The van der Waals surface area contributed by atoms with Gasteiger partial charge in [0.25, 0.3) is 5.91 Å². The molecule has 2 aromatic rings. The van der Waals surface area contributed by atoms with Gasteiger partial charge < -0.3 is 15.1 Å². The molecule has 0 bridgehead atoms. The number of carbonyl (C=O) groups excluding carboxylic acids is 2. The lowest BCUT2D eigenvalue weighted by Crippen LogP contribution is -2.54. The van der Waals surface area contributed by atoms with Crippen molar-refractivity contribution in [2.45, 2.75) is 31.6 Å².